The van der Waals surface area contributed by atoms with Gasteiger partial charge in [-0.25, -0.2) is 0 Å². The third kappa shape index (κ3) is 10.2. The molecule has 5 heteroatoms. The van der Waals surface area contributed by atoms with E-state index in [-0.39, 0.29) is 18.8 Å². The van der Waals surface area contributed by atoms with Crippen molar-refractivity contribution in [3.05, 3.63) is 0 Å². The molecule has 0 saturated heterocycles. The number of ether oxygens (including phenoxy) is 3. The highest BCUT2D eigenvalue weighted by Gasteiger charge is 2.12. The van der Waals surface area contributed by atoms with Gasteiger partial charge >= 0.3 is 0 Å². The van der Waals surface area contributed by atoms with Crippen LogP contribution in [-0.2, 0) is 19.0 Å². The quantitative estimate of drug-likeness (QED) is 0.555. The molecule has 0 aliphatic carbocycles. The minimum Gasteiger partial charge on any atom is -0.376 e. The van der Waals surface area contributed by atoms with E-state index >= 15 is 0 Å². The van der Waals surface area contributed by atoms with Gasteiger partial charge in [-0.3, -0.25) is 4.79 Å². The molecule has 102 valence electrons. The van der Waals surface area contributed by atoms with E-state index in [1.165, 1.54) is 0 Å². The van der Waals surface area contributed by atoms with Crippen molar-refractivity contribution < 1.29 is 19.0 Å². The Bertz CT molecular complexity index is 199. The smallest absolute Gasteiger partial charge is 0.243 e. The summed E-state index contributed by atoms with van der Waals surface area (Å²) in [6.45, 7) is 7.61. The summed E-state index contributed by atoms with van der Waals surface area (Å²) in [5, 5.41) is 0. The molecule has 17 heavy (non-hydrogen) atoms. The zero-order chi connectivity index (χ0) is 13.1. The molecule has 0 fully saturated rings. The molecule has 2 atom stereocenters. The molecule has 1 amide bonds. The monoisotopic (exact) mass is 247 g/mol. The maximum atomic E-state index is 10.4. The number of primary amides is 1. The predicted octanol–water partition coefficient (Wildman–Crippen LogP) is 1.10. The number of nitrogens with two attached hydrogens (primary N) is 1. The van der Waals surface area contributed by atoms with Crippen LogP contribution in [0.2, 0.25) is 0 Å². The first-order valence-corrected chi connectivity index (χ1v) is 6.17. The first-order chi connectivity index (χ1) is 8.07. The Morgan fingerprint density at radius 2 is 1.71 bits per heavy atom. The predicted molar refractivity (Wildman–Crippen MR) is 65.7 cm³/mol. The van der Waals surface area contributed by atoms with E-state index in [0.717, 1.165) is 19.4 Å². The van der Waals surface area contributed by atoms with Gasteiger partial charge < -0.3 is 19.9 Å². The molecule has 0 unspecified atom stereocenters. The second-order valence-electron chi connectivity index (χ2n) is 4.02. The highest BCUT2D eigenvalue weighted by atomic mass is 16.6. The lowest BCUT2D eigenvalue weighted by atomic mass is 10.2. The maximum absolute atomic E-state index is 10.4. The van der Waals surface area contributed by atoms with E-state index in [0.29, 0.717) is 13.2 Å². The van der Waals surface area contributed by atoms with E-state index < -0.39 is 5.91 Å². The van der Waals surface area contributed by atoms with Gasteiger partial charge in [-0.1, -0.05) is 13.3 Å². The average Bonchev–Trinajstić information content (AvgIpc) is 2.28. The van der Waals surface area contributed by atoms with E-state index in [4.69, 9.17) is 19.9 Å². The fourth-order valence-corrected chi connectivity index (χ4v) is 1.15. The summed E-state index contributed by atoms with van der Waals surface area (Å²) >= 11 is 0. The van der Waals surface area contributed by atoms with Crippen molar-refractivity contribution >= 4 is 5.91 Å². The molecule has 0 heterocycles. The first-order valence-electron chi connectivity index (χ1n) is 6.17. The number of amides is 1. The van der Waals surface area contributed by atoms with Gasteiger partial charge in [-0.2, -0.15) is 0 Å². The van der Waals surface area contributed by atoms with Gasteiger partial charge in [0.2, 0.25) is 5.91 Å². The normalized spacial score (nSPS) is 14.5. The van der Waals surface area contributed by atoms with Gasteiger partial charge in [0.05, 0.1) is 25.4 Å². The van der Waals surface area contributed by atoms with Crippen LogP contribution in [-0.4, -0.2) is 44.5 Å². The van der Waals surface area contributed by atoms with Gasteiger partial charge in [0.15, 0.2) is 0 Å². The van der Waals surface area contributed by atoms with Crippen LogP contribution in [0, 0.1) is 0 Å². The third-order valence-corrected chi connectivity index (χ3v) is 2.39. The van der Waals surface area contributed by atoms with Crippen LogP contribution in [0.25, 0.3) is 0 Å². The van der Waals surface area contributed by atoms with Crippen molar-refractivity contribution in [1.82, 2.24) is 0 Å². The van der Waals surface area contributed by atoms with Crippen molar-refractivity contribution in [1.29, 1.82) is 0 Å². The van der Waals surface area contributed by atoms with Crippen molar-refractivity contribution in [3.8, 4) is 0 Å². The molecule has 0 radical (unpaired) electrons. The maximum Gasteiger partial charge on any atom is 0.243 e. The highest BCUT2D eigenvalue weighted by molar-refractivity contribution is 5.74. The Labute approximate surface area is 104 Å². The minimum absolute atomic E-state index is 0.0176. The number of rotatable bonds is 11. The molecule has 0 saturated carbocycles. The third-order valence-electron chi connectivity index (χ3n) is 2.39. The van der Waals surface area contributed by atoms with E-state index in [1.54, 1.807) is 0 Å². The van der Waals surface area contributed by atoms with Crippen LogP contribution in [0.3, 0.4) is 0 Å². The number of hydrogen-bond acceptors (Lipinski definition) is 4. The van der Waals surface area contributed by atoms with Gasteiger partial charge in [0, 0.05) is 6.61 Å². The Balaban J connectivity index is 3.43. The van der Waals surface area contributed by atoms with Crippen molar-refractivity contribution in [2.24, 2.45) is 5.73 Å². The molecule has 5 nitrogen and oxygen atoms in total. The Morgan fingerprint density at radius 3 is 2.24 bits per heavy atom. The number of hydrogen-bond donors (Lipinski definition) is 1. The summed E-state index contributed by atoms with van der Waals surface area (Å²) in [6, 6.07) is 0. The second-order valence-corrected chi connectivity index (χ2v) is 4.02. The Kier molecular flexibility index (Phi) is 10.1. The molecule has 0 bridgehead atoms. The fourth-order valence-electron chi connectivity index (χ4n) is 1.15. The minimum atomic E-state index is -0.464. The SMILES string of the molecule is CCCCO[C@H](C)[C@@H](C)OCCOCC(N)=O. The number of carbonyl (C=O) groups excluding carboxylic acids is 1. The lowest BCUT2D eigenvalue weighted by Gasteiger charge is -2.20. The van der Waals surface area contributed by atoms with Crippen molar-refractivity contribution in [3.63, 3.8) is 0 Å². The molecule has 0 aromatic carbocycles. The molecule has 2 N–H and O–H groups in total. The lowest BCUT2D eigenvalue weighted by Crippen LogP contribution is -2.28. The van der Waals surface area contributed by atoms with E-state index in [2.05, 4.69) is 6.92 Å². The lowest BCUT2D eigenvalue weighted by molar-refractivity contribution is -0.123. The number of carbonyl (C=O) groups is 1. The van der Waals surface area contributed by atoms with Crippen LogP contribution in [0.15, 0.2) is 0 Å². The van der Waals surface area contributed by atoms with Gasteiger partial charge in [0.25, 0.3) is 0 Å². The molecular formula is C12H25NO4. The second kappa shape index (κ2) is 10.5. The van der Waals surface area contributed by atoms with Crippen LogP contribution in [0.5, 0.6) is 0 Å². The molecule has 0 aromatic rings. The zero-order valence-electron chi connectivity index (χ0n) is 11.1. The van der Waals surface area contributed by atoms with Crippen molar-refractivity contribution in [2.45, 2.75) is 45.8 Å². The summed E-state index contributed by atoms with van der Waals surface area (Å²) < 4.78 is 16.1. The standard InChI is InChI=1S/C12H25NO4/c1-4-5-6-16-10(2)11(3)17-8-7-15-9-12(13)14/h10-11H,4-9H2,1-3H3,(H2,13,14)/t10-,11-/m1/s1. The van der Waals surface area contributed by atoms with Crippen molar-refractivity contribution in [2.75, 3.05) is 26.4 Å². The van der Waals surface area contributed by atoms with E-state index in [9.17, 15) is 4.79 Å². The summed E-state index contributed by atoms with van der Waals surface area (Å²) in [5.74, 6) is -0.464. The van der Waals surface area contributed by atoms with Gasteiger partial charge in [0.1, 0.15) is 6.61 Å². The summed E-state index contributed by atoms with van der Waals surface area (Å²) in [4.78, 5) is 10.4. The molecule has 0 aliphatic heterocycles. The van der Waals surface area contributed by atoms with Crippen LogP contribution < -0.4 is 5.73 Å². The molecule has 0 spiro atoms. The number of unbranched alkanes of at least 4 members (excludes halogenated alkanes) is 1. The highest BCUT2D eigenvalue weighted by Crippen LogP contribution is 2.04. The molecular weight excluding hydrogens is 222 g/mol. The molecule has 0 rings (SSSR count). The molecule has 0 aliphatic rings. The van der Waals surface area contributed by atoms with E-state index in [1.807, 2.05) is 13.8 Å². The summed E-state index contributed by atoms with van der Waals surface area (Å²) in [5.41, 5.74) is 4.93. The summed E-state index contributed by atoms with van der Waals surface area (Å²) in [7, 11) is 0. The summed E-state index contributed by atoms with van der Waals surface area (Å²) in [6.07, 6.45) is 2.28. The Hall–Kier alpha value is -0.650. The van der Waals surface area contributed by atoms with Crippen LogP contribution in [0.4, 0.5) is 0 Å². The fraction of sp³-hybridized carbons (Fsp3) is 0.917. The van der Waals surface area contributed by atoms with Crippen LogP contribution in [0.1, 0.15) is 33.6 Å². The zero-order valence-corrected chi connectivity index (χ0v) is 11.1. The average molecular weight is 247 g/mol. The largest absolute Gasteiger partial charge is 0.376 e. The Morgan fingerprint density at radius 1 is 1.12 bits per heavy atom. The van der Waals surface area contributed by atoms with Crippen LogP contribution >= 0.6 is 0 Å². The van der Waals surface area contributed by atoms with Gasteiger partial charge in [-0.05, 0) is 20.3 Å². The molecule has 0 aromatic heterocycles. The van der Waals surface area contributed by atoms with Gasteiger partial charge in [-0.15, -0.1) is 0 Å². The first kappa shape index (κ1) is 16.4. The topological polar surface area (TPSA) is 70.8 Å².